The van der Waals surface area contributed by atoms with Crippen molar-refractivity contribution in [2.45, 2.75) is 6.92 Å². The lowest BCUT2D eigenvalue weighted by Crippen LogP contribution is -1.99. The molecule has 4 nitrogen and oxygen atoms in total. The fourth-order valence-electron chi connectivity index (χ4n) is 2.01. The largest absolute Gasteiger partial charge is 0.383 e. The van der Waals surface area contributed by atoms with Gasteiger partial charge in [0, 0.05) is 23.3 Å². The normalized spacial score (nSPS) is 10.7. The molecular weight excluding hydrogens is 224 g/mol. The van der Waals surface area contributed by atoms with Gasteiger partial charge in [-0.15, -0.1) is 0 Å². The first-order valence-corrected chi connectivity index (χ1v) is 5.69. The fourth-order valence-corrected chi connectivity index (χ4v) is 2.01. The molecule has 88 valence electrons. The van der Waals surface area contributed by atoms with E-state index in [1.165, 1.54) is 0 Å². The number of pyridine rings is 1. The topological polar surface area (TPSA) is 64.7 Å². The van der Waals surface area contributed by atoms with Gasteiger partial charge in [0.05, 0.1) is 5.52 Å². The number of anilines is 1. The van der Waals surface area contributed by atoms with Gasteiger partial charge in [-0.3, -0.25) is 4.98 Å². The molecule has 0 saturated carbocycles. The molecule has 4 heteroatoms. The summed E-state index contributed by atoms with van der Waals surface area (Å²) in [5, 5.41) is 0.921. The molecule has 0 atom stereocenters. The van der Waals surface area contributed by atoms with E-state index in [4.69, 9.17) is 5.73 Å². The highest BCUT2D eigenvalue weighted by Crippen LogP contribution is 2.24. The van der Waals surface area contributed by atoms with Crippen LogP contribution in [0.1, 0.15) is 5.56 Å². The molecule has 1 aromatic carbocycles. The van der Waals surface area contributed by atoms with Gasteiger partial charge in [-0.25, -0.2) is 9.97 Å². The number of aromatic nitrogens is 3. The molecule has 18 heavy (non-hydrogen) atoms. The maximum absolute atomic E-state index is 6.02. The van der Waals surface area contributed by atoms with Gasteiger partial charge in [-0.2, -0.15) is 0 Å². The lowest BCUT2D eigenvalue weighted by molar-refractivity contribution is 1.21. The molecule has 2 heterocycles. The van der Waals surface area contributed by atoms with Crippen LogP contribution in [0.15, 0.2) is 42.7 Å². The van der Waals surface area contributed by atoms with Crippen molar-refractivity contribution in [1.29, 1.82) is 0 Å². The highest BCUT2D eigenvalue weighted by molar-refractivity contribution is 5.92. The first kappa shape index (κ1) is 10.7. The van der Waals surface area contributed by atoms with E-state index in [-0.39, 0.29) is 0 Å². The highest BCUT2D eigenvalue weighted by atomic mass is 14.9. The van der Waals surface area contributed by atoms with E-state index in [0.717, 1.165) is 22.0 Å². The minimum absolute atomic E-state index is 0.511. The summed E-state index contributed by atoms with van der Waals surface area (Å²) < 4.78 is 0. The van der Waals surface area contributed by atoms with Crippen molar-refractivity contribution >= 4 is 16.7 Å². The number of hydrogen-bond donors (Lipinski definition) is 1. The first-order chi connectivity index (χ1) is 8.75. The summed E-state index contributed by atoms with van der Waals surface area (Å²) in [5.74, 6) is 1.12. The molecule has 3 rings (SSSR count). The number of nitrogens with two attached hydrogens (primary N) is 1. The molecule has 0 aliphatic heterocycles. The minimum Gasteiger partial charge on any atom is -0.383 e. The summed E-state index contributed by atoms with van der Waals surface area (Å²) in [5.41, 5.74) is 8.84. The van der Waals surface area contributed by atoms with Crippen LogP contribution in [0, 0.1) is 6.92 Å². The zero-order valence-electron chi connectivity index (χ0n) is 9.96. The molecule has 2 aromatic heterocycles. The molecule has 0 fully saturated rings. The molecule has 0 saturated heterocycles. The van der Waals surface area contributed by atoms with Crippen molar-refractivity contribution in [3.05, 3.63) is 48.3 Å². The third-order valence-corrected chi connectivity index (χ3v) is 2.88. The molecular formula is C14H12N4. The van der Waals surface area contributed by atoms with Crippen LogP contribution in [0.2, 0.25) is 0 Å². The molecule has 0 aliphatic carbocycles. The van der Waals surface area contributed by atoms with Crippen LogP contribution in [-0.2, 0) is 0 Å². The van der Waals surface area contributed by atoms with E-state index in [0.29, 0.717) is 11.6 Å². The predicted molar refractivity (Wildman–Crippen MR) is 71.9 cm³/mol. The maximum atomic E-state index is 6.02. The SMILES string of the molecule is Cc1cccc2nc(-c3cccnc3)nc(N)c12. The highest BCUT2D eigenvalue weighted by Gasteiger charge is 2.08. The van der Waals surface area contributed by atoms with E-state index < -0.39 is 0 Å². The summed E-state index contributed by atoms with van der Waals surface area (Å²) in [6, 6.07) is 9.70. The molecule has 0 unspecified atom stereocenters. The third kappa shape index (κ3) is 1.68. The first-order valence-electron chi connectivity index (χ1n) is 5.69. The molecule has 0 aliphatic rings. The fraction of sp³-hybridized carbons (Fsp3) is 0.0714. The Morgan fingerprint density at radius 1 is 1.06 bits per heavy atom. The Balaban J connectivity index is 2.29. The molecule has 0 spiro atoms. The van der Waals surface area contributed by atoms with Gasteiger partial charge in [0.2, 0.25) is 0 Å². The van der Waals surface area contributed by atoms with Gasteiger partial charge in [-0.05, 0) is 30.7 Å². The predicted octanol–water partition coefficient (Wildman–Crippen LogP) is 2.58. The van der Waals surface area contributed by atoms with Crippen LogP contribution in [0.25, 0.3) is 22.3 Å². The summed E-state index contributed by atoms with van der Waals surface area (Å²) in [6.45, 7) is 2.01. The van der Waals surface area contributed by atoms with Crippen LogP contribution >= 0.6 is 0 Å². The Hall–Kier alpha value is -2.49. The van der Waals surface area contributed by atoms with Crippen LogP contribution in [-0.4, -0.2) is 15.0 Å². The Kier molecular flexibility index (Phi) is 2.41. The Bertz CT molecular complexity index is 708. The van der Waals surface area contributed by atoms with E-state index in [1.807, 2.05) is 37.3 Å². The number of benzene rings is 1. The number of rotatable bonds is 1. The van der Waals surface area contributed by atoms with Gasteiger partial charge < -0.3 is 5.73 Å². The van der Waals surface area contributed by atoms with E-state index in [2.05, 4.69) is 15.0 Å². The van der Waals surface area contributed by atoms with Crippen molar-refractivity contribution in [2.75, 3.05) is 5.73 Å². The Morgan fingerprint density at radius 3 is 2.72 bits per heavy atom. The minimum atomic E-state index is 0.511. The number of fused-ring (bicyclic) bond motifs is 1. The quantitative estimate of drug-likeness (QED) is 0.705. The summed E-state index contributed by atoms with van der Waals surface area (Å²) in [6.07, 6.45) is 3.45. The summed E-state index contributed by atoms with van der Waals surface area (Å²) in [7, 11) is 0. The van der Waals surface area contributed by atoms with Crippen molar-refractivity contribution in [1.82, 2.24) is 15.0 Å². The zero-order chi connectivity index (χ0) is 12.5. The van der Waals surface area contributed by atoms with Gasteiger partial charge in [-0.1, -0.05) is 12.1 Å². The Morgan fingerprint density at radius 2 is 1.94 bits per heavy atom. The number of aryl methyl sites for hydroxylation is 1. The Labute approximate surface area is 105 Å². The van der Waals surface area contributed by atoms with Crippen LogP contribution in [0.3, 0.4) is 0 Å². The number of nitrogens with zero attached hydrogens (tertiary/aromatic N) is 3. The van der Waals surface area contributed by atoms with Gasteiger partial charge in [0.15, 0.2) is 5.82 Å². The second-order valence-corrected chi connectivity index (χ2v) is 4.14. The van der Waals surface area contributed by atoms with Gasteiger partial charge >= 0.3 is 0 Å². The van der Waals surface area contributed by atoms with Crippen LogP contribution in [0.5, 0.6) is 0 Å². The van der Waals surface area contributed by atoms with E-state index in [1.54, 1.807) is 12.4 Å². The standard InChI is InChI=1S/C14H12N4/c1-9-4-2-6-11-12(9)13(15)18-14(17-11)10-5-3-7-16-8-10/h2-8H,1H3,(H2,15,17,18). The average Bonchev–Trinajstić information content (AvgIpc) is 2.39. The van der Waals surface area contributed by atoms with Crippen molar-refractivity contribution < 1.29 is 0 Å². The third-order valence-electron chi connectivity index (χ3n) is 2.88. The van der Waals surface area contributed by atoms with Crippen molar-refractivity contribution in [2.24, 2.45) is 0 Å². The van der Waals surface area contributed by atoms with Crippen molar-refractivity contribution in [3.8, 4) is 11.4 Å². The van der Waals surface area contributed by atoms with Crippen LogP contribution in [0.4, 0.5) is 5.82 Å². The van der Waals surface area contributed by atoms with Crippen LogP contribution < -0.4 is 5.73 Å². The number of nitrogen functional groups attached to an aromatic ring is 1. The maximum Gasteiger partial charge on any atom is 0.163 e. The second kappa shape index (κ2) is 4.07. The van der Waals surface area contributed by atoms with Gasteiger partial charge in [0.25, 0.3) is 0 Å². The molecule has 2 N–H and O–H groups in total. The molecule has 0 radical (unpaired) electrons. The van der Waals surface area contributed by atoms with Crippen molar-refractivity contribution in [3.63, 3.8) is 0 Å². The van der Waals surface area contributed by atoms with E-state index in [9.17, 15) is 0 Å². The lowest BCUT2D eigenvalue weighted by Gasteiger charge is -2.07. The molecule has 0 bridgehead atoms. The monoisotopic (exact) mass is 236 g/mol. The number of hydrogen-bond acceptors (Lipinski definition) is 4. The zero-order valence-corrected chi connectivity index (χ0v) is 9.96. The van der Waals surface area contributed by atoms with Gasteiger partial charge in [0.1, 0.15) is 5.82 Å². The lowest BCUT2D eigenvalue weighted by atomic mass is 10.1. The average molecular weight is 236 g/mol. The molecule has 0 amide bonds. The molecule has 3 aromatic rings. The summed E-state index contributed by atoms with van der Waals surface area (Å²) >= 11 is 0. The van der Waals surface area contributed by atoms with E-state index >= 15 is 0 Å². The second-order valence-electron chi connectivity index (χ2n) is 4.14. The smallest absolute Gasteiger partial charge is 0.163 e. The summed E-state index contributed by atoms with van der Waals surface area (Å²) in [4.78, 5) is 13.0.